The fourth-order valence-corrected chi connectivity index (χ4v) is 3.59. The average molecular weight is 381 g/mol. The number of imidazole rings is 1. The molecule has 1 aliphatic heterocycles. The van der Waals surface area contributed by atoms with Crippen LogP contribution in [0.2, 0.25) is 0 Å². The highest BCUT2D eigenvalue weighted by atomic mass is 16.1. The summed E-state index contributed by atoms with van der Waals surface area (Å²) in [4.78, 5) is 31.4. The number of nitrogens with zero attached hydrogens (tertiary/aromatic N) is 5. The van der Waals surface area contributed by atoms with Gasteiger partial charge in [-0.05, 0) is 24.6 Å². The third-order valence-electron chi connectivity index (χ3n) is 4.99. The van der Waals surface area contributed by atoms with E-state index >= 15 is 0 Å². The zero-order valence-electron chi connectivity index (χ0n) is 15.8. The minimum Gasteiger partial charge on any atom is -0.366 e. The minimum absolute atomic E-state index is 0.197. The number of carbonyl (C=O) groups excluding carboxylic acids is 1. The molecule has 1 saturated heterocycles. The molecule has 0 bridgehead atoms. The van der Waals surface area contributed by atoms with Crippen LogP contribution in [0.5, 0.6) is 0 Å². The van der Waals surface area contributed by atoms with Gasteiger partial charge in [0.2, 0.25) is 11.9 Å². The summed E-state index contributed by atoms with van der Waals surface area (Å²) in [7, 11) is 0. The smallest absolute Gasteiger partial charge is 0.293 e. The number of hydrogen-bond acceptors (Lipinski definition) is 6. The van der Waals surface area contributed by atoms with Crippen LogP contribution in [0.3, 0.4) is 0 Å². The zero-order chi connectivity index (χ0) is 19.7. The number of rotatable bonds is 5. The van der Waals surface area contributed by atoms with Crippen molar-refractivity contribution in [1.82, 2.24) is 24.6 Å². The molecule has 1 aromatic carbocycles. The second kappa shape index (κ2) is 7.43. The number of benzene rings is 1. The summed E-state index contributed by atoms with van der Waals surface area (Å²) >= 11 is 0. The van der Waals surface area contributed by atoms with Crippen molar-refractivity contribution in [2.75, 3.05) is 31.1 Å². The standard InChI is InChI=1S/C19H23N7O2/c1-2-25-16-15(23-19(25)24-8-6-21-7-9-24)11-22-26(18(16)28)12-13-4-3-5-14(10-13)17(20)27/h3-5,10-11,21H,2,6-9,12H2,1H3,(H2,20,27). The Morgan fingerprint density at radius 2 is 2.07 bits per heavy atom. The Morgan fingerprint density at radius 3 is 2.79 bits per heavy atom. The van der Waals surface area contributed by atoms with Gasteiger partial charge in [-0.2, -0.15) is 5.10 Å². The normalized spacial score (nSPS) is 14.5. The molecule has 0 spiro atoms. The zero-order valence-corrected chi connectivity index (χ0v) is 15.8. The molecule has 9 heteroatoms. The van der Waals surface area contributed by atoms with Crippen molar-refractivity contribution in [2.24, 2.45) is 5.73 Å². The van der Waals surface area contributed by atoms with Crippen molar-refractivity contribution >= 4 is 22.9 Å². The molecule has 0 unspecified atom stereocenters. The topological polar surface area (TPSA) is 111 Å². The molecule has 4 rings (SSSR count). The molecule has 0 radical (unpaired) electrons. The van der Waals surface area contributed by atoms with Gasteiger partial charge in [0, 0.05) is 38.3 Å². The summed E-state index contributed by atoms with van der Waals surface area (Å²) in [6.07, 6.45) is 1.63. The lowest BCUT2D eigenvalue weighted by Crippen LogP contribution is -2.44. The number of amides is 1. The van der Waals surface area contributed by atoms with Crippen LogP contribution in [-0.2, 0) is 13.1 Å². The maximum absolute atomic E-state index is 13.1. The fraction of sp³-hybridized carbons (Fsp3) is 0.368. The number of anilines is 1. The minimum atomic E-state index is -0.498. The third kappa shape index (κ3) is 3.24. The van der Waals surface area contributed by atoms with E-state index in [1.807, 2.05) is 17.6 Å². The predicted octanol–water partition coefficient (Wildman–Crippen LogP) is 0.170. The first-order chi connectivity index (χ1) is 13.6. The monoisotopic (exact) mass is 381 g/mol. The molecule has 9 nitrogen and oxygen atoms in total. The van der Waals surface area contributed by atoms with Crippen LogP contribution >= 0.6 is 0 Å². The van der Waals surface area contributed by atoms with Crippen molar-refractivity contribution in [3.63, 3.8) is 0 Å². The maximum atomic E-state index is 13.1. The van der Waals surface area contributed by atoms with E-state index in [1.54, 1.807) is 24.4 Å². The molecule has 146 valence electrons. The summed E-state index contributed by atoms with van der Waals surface area (Å²) in [5.41, 5.74) is 7.50. The second-order valence-electron chi connectivity index (χ2n) is 6.80. The number of primary amides is 1. The van der Waals surface area contributed by atoms with E-state index in [1.165, 1.54) is 4.68 Å². The number of piperazine rings is 1. The first-order valence-electron chi connectivity index (χ1n) is 9.39. The van der Waals surface area contributed by atoms with Gasteiger partial charge in [0.25, 0.3) is 5.56 Å². The molecular formula is C19H23N7O2. The number of aromatic nitrogens is 4. The molecule has 2 aromatic heterocycles. The van der Waals surface area contributed by atoms with Crippen LogP contribution in [0.15, 0.2) is 35.3 Å². The highest BCUT2D eigenvalue weighted by molar-refractivity contribution is 5.92. The number of nitrogens with one attached hydrogen (secondary N) is 1. The molecular weight excluding hydrogens is 358 g/mol. The van der Waals surface area contributed by atoms with Gasteiger partial charge in [-0.15, -0.1) is 0 Å². The van der Waals surface area contributed by atoms with Crippen LogP contribution in [0.25, 0.3) is 11.0 Å². The summed E-state index contributed by atoms with van der Waals surface area (Å²) in [5.74, 6) is 0.314. The molecule has 0 atom stereocenters. The van der Waals surface area contributed by atoms with Crippen molar-refractivity contribution in [2.45, 2.75) is 20.0 Å². The lowest BCUT2D eigenvalue weighted by atomic mass is 10.1. The number of nitrogens with two attached hydrogens (primary N) is 1. The first kappa shape index (κ1) is 18.2. The largest absolute Gasteiger partial charge is 0.366 e. The van der Waals surface area contributed by atoms with E-state index in [0.717, 1.165) is 37.7 Å². The van der Waals surface area contributed by atoms with Gasteiger partial charge in [-0.25, -0.2) is 9.67 Å². The quantitative estimate of drug-likeness (QED) is 0.652. The molecule has 3 heterocycles. The van der Waals surface area contributed by atoms with Crippen molar-refractivity contribution in [3.8, 4) is 0 Å². The molecule has 0 aliphatic carbocycles. The summed E-state index contributed by atoms with van der Waals surface area (Å²) < 4.78 is 3.36. The Balaban J connectivity index is 1.75. The Bertz CT molecular complexity index is 1080. The molecule has 1 amide bonds. The number of aryl methyl sites for hydroxylation is 1. The van der Waals surface area contributed by atoms with Crippen LogP contribution in [0.4, 0.5) is 5.95 Å². The van der Waals surface area contributed by atoms with Crippen molar-refractivity contribution in [3.05, 3.63) is 51.9 Å². The predicted molar refractivity (Wildman–Crippen MR) is 107 cm³/mol. The molecule has 28 heavy (non-hydrogen) atoms. The molecule has 0 saturated carbocycles. The van der Waals surface area contributed by atoms with E-state index in [-0.39, 0.29) is 12.1 Å². The van der Waals surface area contributed by atoms with Gasteiger partial charge >= 0.3 is 0 Å². The Kier molecular flexibility index (Phi) is 4.82. The van der Waals surface area contributed by atoms with E-state index in [9.17, 15) is 9.59 Å². The molecule has 3 N–H and O–H groups in total. The Hall–Kier alpha value is -3.20. The fourth-order valence-electron chi connectivity index (χ4n) is 3.59. The Labute approximate surface area is 161 Å². The number of fused-ring (bicyclic) bond motifs is 1. The van der Waals surface area contributed by atoms with E-state index < -0.39 is 5.91 Å². The summed E-state index contributed by atoms with van der Waals surface area (Å²) in [5, 5.41) is 7.62. The van der Waals surface area contributed by atoms with E-state index in [4.69, 9.17) is 5.73 Å². The van der Waals surface area contributed by atoms with Crippen molar-refractivity contribution in [1.29, 1.82) is 0 Å². The summed E-state index contributed by atoms with van der Waals surface area (Å²) in [6.45, 7) is 6.40. The highest BCUT2D eigenvalue weighted by Crippen LogP contribution is 2.20. The van der Waals surface area contributed by atoms with Gasteiger partial charge in [0.15, 0.2) is 0 Å². The third-order valence-corrected chi connectivity index (χ3v) is 4.99. The second-order valence-corrected chi connectivity index (χ2v) is 6.80. The average Bonchev–Trinajstić information content (AvgIpc) is 3.10. The number of carbonyl (C=O) groups is 1. The van der Waals surface area contributed by atoms with Gasteiger partial charge in [-0.1, -0.05) is 12.1 Å². The maximum Gasteiger partial charge on any atom is 0.293 e. The van der Waals surface area contributed by atoms with Crippen LogP contribution < -0.4 is 21.5 Å². The van der Waals surface area contributed by atoms with Gasteiger partial charge < -0.3 is 20.5 Å². The lowest BCUT2D eigenvalue weighted by Gasteiger charge is -2.28. The van der Waals surface area contributed by atoms with Gasteiger partial charge in [0.1, 0.15) is 11.0 Å². The summed E-state index contributed by atoms with van der Waals surface area (Å²) in [6, 6.07) is 6.92. The van der Waals surface area contributed by atoms with Gasteiger partial charge in [0.05, 0.1) is 12.7 Å². The van der Waals surface area contributed by atoms with Gasteiger partial charge in [-0.3, -0.25) is 9.59 Å². The molecule has 3 aromatic rings. The SMILES string of the molecule is CCn1c(N2CCNCC2)nc2cnn(Cc3cccc(C(N)=O)c3)c(=O)c21. The lowest BCUT2D eigenvalue weighted by molar-refractivity contribution is 0.1000. The van der Waals surface area contributed by atoms with Crippen molar-refractivity contribution < 1.29 is 4.79 Å². The van der Waals surface area contributed by atoms with Crippen LogP contribution in [0.1, 0.15) is 22.8 Å². The van der Waals surface area contributed by atoms with Crippen LogP contribution in [0, 0.1) is 0 Å². The molecule has 1 fully saturated rings. The molecule has 1 aliphatic rings. The first-order valence-corrected chi connectivity index (χ1v) is 9.39. The number of hydrogen-bond donors (Lipinski definition) is 2. The van der Waals surface area contributed by atoms with E-state index in [0.29, 0.717) is 23.1 Å². The van der Waals surface area contributed by atoms with Crippen LogP contribution in [-0.4, -0.2) is 51.4 Å². The van der Waals surface area contributed by atoms with E-state index in [2.05, 4.69) is 20.3 Å². The highest BCUT2D eigenvalue weighted by Gasteiger charge is 2.21. The Morgan fingerprint density at radius 1 is 1.29 bits per heavy atom.